The molecule has 19 heavy (non-hydrogen) atoms. The number of benzene rings is 1. The molecular weight excluding hydrogens is 322 g/mol. The molecule has 0 N–H and O–H groups in total. The maximum absolute atomic E-state index is 4.72. The van der Waals surface area contributed by atoms with Crippen LogP contribution in [0.1, 0.15) is 11.3 Å². The fraction of sp³-hybridized carbons (Fsp3) is 0.214. The van der Waals surface area contributed by atoms with Crippen LogP contribution in [0.15, 0.2) is 35.8 Å². The molecule has 0 spiro atoms. The van der Waals surface area contributed by atoms with Gasteiger partial charge in [0, 0.05) is 29.6 Å². The first-order valence-corrected chi connectivity index (χ1v) is 8.01. The summed E-state index contributed by atoms with van der Waals surface area (Å²) in [5.41, 5.74) is 3.60. The molecular formula is C14H14BrN3S. The first-order chi connectivity index (χ1) is 9.20. The second-order valence-corrected chi connectivity index (χ2v) is 5.90. The number of halogens is 1. The second kappa shape index (κ2) is 4.98. The van der Waals surface area contributed by atoms with Gasteiger partial charge in [-0.25, -0.2) is 4.98 Å². The molecule has 0 bridgehead atoms. The van der Waals surface area contributed by atoms with Gasteiger partial charge in [0.2, 0.25) is 0 Å². The number of hydrogen-bond acceptors (Lipinski definition) is 3. The van der Waals surface area contributed by atoms with Gasteiger partial charge in [-0.15, -0.1) is 11.3 Å². The van der Waals surface area contributed by atoms with E-state index < -0.39 is 0 Å². The van der Waals surface area contributed by atoms with E-state index in [2.05, 4.69) is 75.0 Å². The molecule has 2 heterocycles. The van der Waals surface area contributed by atoms with Crippen molar-refractivity contribution in [3.63, 3.8) is 0 Å². The van der Waals surface area contributed by atoms with E-state index in [1.54, 1.807) is 11.3 Å². The van der Waals surface area contributed by atoms with Gasteiger partial charge in [0.05, 0.1) is 5.69 Å². The Bertz CT molecular complexity index is 699. The molecule has 98 valence electrons. The van der Waals surface area contributed by atoms with Gasteiger partial charge in [0.25, 0.3) is 0 Å². The highest BCUT2D eigenvalue weighted by atomic mass is 79.9. The highest BCUT2D eigenvalue weighted by molar-refractivity contribution is 9.08. The van der Waals surface area contributed by atoms with Gasteiger partial charge in [-0.05, 0) is 19.1 Å². The van der Waals surface area contributed by atoms with Crippen molar-refractivity contribution in [1.29, 1.82) is 0 Å². The number of aromatic nitrogens is 2. The second-order valence-electron chi connectivity index (χ2n) is 4.47. The van der Waals surface area contributed by atoms with Gasteiger partial charge in [-0.2, -0.15) is 0 Å². The van der Waals surface area contributed by atoms with Crippen LogP contribution >= 0.6 is 27.3 Å². The Morgan fingerprint density at radius 1 is 1.32 bits per heavy atom. The SMILES string of the molecule is Cc1ccc(N(C)c2nc3sccn3c2CBr)cc1. The summed E-state index contributed by atoms with van der Waals surface area (Å²) in [4.78, 5) is 7.89. The summed E-state index contributed by atoms with van der Waals surface area (Å²) in [6.45, 7) is 2.10. The Labute approximate surface area is 124 Å². The lowest BCUT2D eigenvalue weighted by Gasteiger charge is -2.18. The smallest absolute Gasteiger partial charge is 0.195 e. The van der Waals surface area contributed by atoms with Crippen LogP contribution < -0.4 is 4.90 Å². The van der Waals surface area contributed by atoms with Crippen molar-refractivity contribution in [2.24, 2.45) is 0 Å². The molecule has 1 aromatic carbocycles. The van der Waals surface area contributed by atoms with Crippen LogP contribution in [0.25, 0.3) is 4.96 Å². The van der Waals surface area contributed by atoms with Crippen LogP contribution in [-0.4, -0.2) is 16.4 Å². The van der Waals surface area contributed by atoms with Crippen LogP contribution in [0.2, 0.25) is 0 Å². The van der Waals surface area contributed by atoms with Crippen molar-refractivity contribution >= 4 is 43.7 Å². The molecule has 3 aromatic rings. The third-order valence-electron chi connectivity index (χ3n) is 3.21. The lowest BCUT2D eigenvalue weighted by atomic mass is 10.2. The summed E-state index contributed by atoms with van der Waals surface area (Å²) in [5.74, 6) is 1.01. The van der Waals surface area contributed by atoms with Crippen molar-refractivity contribution in [3.8, 4) is 0 Å². The van der Waals surface area contributed by atoms with E-state index in [4.69, 9.17) is 4.98 Å². The van der Waals surface area contributed by atoms with E-state index in [1.165, 1.54) is 11.3 Å². The number of nitrogens with zero attached hydrogens (tertiary/aromatic N) is 3. The van der Waals surface area contributed by atoms with Crippen LogP contribution in [0.4, 0.5) is 11.5 Å². The largest absolute Gasteiger partial charge is 0.328 e. The van der Waals surface area contributed by atoms with Gasteiger partial charge < -0.3 is 4.90 Å². The lowest BCUT2D eigenvalue weighted by molar-refractivity contribution is 1.08. The van der Waals surface area contributed by atoms with Gasteiger partial charge in [-0.1, -0.05) is 33.6 Å². The van der Waals surface area contributed by atoms with Crippen LogP contribution in [-0.2, 0) is 5.33 Å². The number of alkyl halides is 1. The molecule has 0 fully saturated rings. The Hall–Kier alpha value is -1.33. The monoisotopic (exact) mass is 335 g/mol. The van der Waals surface area contributed by atoms with Crippen molar-refractivity contribution in [2.45, 2.75) is 12.3 Å². The third kappa shape index (κ3) is 2.17. The molecule has 3 rings (SSSR count). The maximum atomic E-state index is 4.72. The van der Waals surface area contributed by atoms with E-state index in [9.17, 15) is 0 Å². The highest BCUT2D eigenvalue weighted by Gasteiger charge is 2.16. The average molecular weight is 336 g/mol. The molecule has 0 amide bonds. The predicted octanol–water partition coefficient (Wildman–Crippen LogP) is 4.37. The number of thiazole rings is 1. The molecule has 2 aromatic heterocycles. The normalized spacial score (nSPS) is 11.1. The van der Waals surface area contributed by atoms with Crippen LogP contribution in [0.3, 0.4) is 0 Å². The molecule has 0 radical (unpaired) electrons. The van der Waals surface area contributed by atoms with E-state index in [1.807, 2.05) is 0 Å². The van der Waals surface area contributed by atoms with Crippen molar-refractivity contribution in [1.82, 2.24) is 9.38 Å². The Balaban J connectivity index is 2.07. The summed E-state index contributed by atoms with van der Waals surface area (Å²) in [6.07, 6.45) is 2.07. The Morgan fingerprint density at radius 3 is 2.74 bits per heavy atom. The van der Waals surface area contributed by atoms with Gasteiger partial charge in [-0.3, -0.25) is 4.40 Å². The minimum absolute atomic E-state index is 0.788. The minimum atomic E-state index is 0.788. The molecule has 0 aliphatic carbocycles. The number of anilines is 2. The number of hydrogen-bond donors (Lipinski definition) is 0. The zero-order chi connectivity index (χ0) is 13.4. The van der Waals surface area contributed by atoms with Gasteiger partial charge >= 0.3 is 0 Å². The molecule has 0 atom stereocenters. The molecule has 0 aliphatic heterocycles. The zero-order valence-corrected chi connectivity index (χ0v) is 13.2. The molecule has 0 aliphatic rings. The quantitative estimate of drug-likeness (QED) is 0.662. The third-order valence-corrected chi connectivity index (χ3v) is 4.49. The summed E-state index contributed by atoms with van der Waals surface area (Å²) < 4.78 is 2.14. The van der Waals surface area contributed by atoms with Gasteiger partial charge in [0.15, 0.2) is 10.8 Å². The van der Waals surface area contributed by atoms with E-state index in [0.717, 1.165) is 21.8 Å². The molecule has 3 nitrogen and oxygen atoms in total. The van der Waals surface area contributed by atoms with E-state index >= 15 is 0 Å². The summed E-state index contributed by atoms with van der Waals surface area (Å²) in [6, 6.07) is 8.50. The minimum Gasteiger partial charge on any atom is -0.328 e. The van der Waals surface area contributed by atoms with E-state index in [0.29, 0.717) is 0 Å². The van der Waals surface area contributed by atoms with Crippen molar-refractivity contribution in [2.75, 3.05) is 11.9 Å². The summed E-state index contributed by atoms with van der Waals surface area (Å²) in [5, 5.41) is 2.85. The maximum Gasteiger partial charge on any atom is 0.195 e. The van der Waals surface area contributed by atoms with Crippen molar-refractivity contribution in [3.05, 3.63) is 47.1 Å². The summed E-state index contributed by atoms with van der Waals surface area (Å²) >= 11 is 5.22. The zero-order valence-electron chi connectivity index (χ0n) is 10.8. The molecule has 5 heteroatoms. The lowest BCUT2D eigenvalue weighted by Crippen LogP contribution is -2.11. The van der Waals surface area contributed by atoms with E-state index in [-0.39, 0.29) is 0 Å². The fourth-order valence-corrected chi connectivity index (χ4v) is 3.35. The van der Waals surface area contributed by atoms with Crippen LogP contribution in [0, 0.1) is 6.92 Å². The number of imidazole rings is 1. The highest BCUT2D eigenvalue weighted by Crippen LogP contribution is 2.30. The van der Waals surface area contributed by atoms with Crippen LogP contribution in [0.5, 0.6) is 0 Å². The first kappa shape index (κ1) is 12.7. The summed E-state index contributed by atoms with van der Waals surface area (Å²) in [7, 11) is 2.06. The number of fused-ring (bicyclic) bond motifs is 1. The molecule has 0 saturated carbocycles. The fourth-order valence-electron chi connectivity index (χ4n) is 2.10. The molecule has 0 saturated heterocycles. The Morgan fingerprint density at radius 2 is 2.05 bits per heavy atom. The Kier molecular flexibility index (Phi) is 3.33. The first-order valence-electron chi connectivity index (χ1n) is 6.01. The van der Waals surface area contributed by atoms with Gasteiger partial charge in [0.1, 0.15) is 0 Å². The molecule has 0 unspecified atom stereocenters. The number of rotatable bonds is 3. The average Bonchev–Trinajstić information content (AvgIpc) is 2.98. The predicted molar refractivity (Wildman–Crippen MR) is 84.9 cm³/mol. The topological polar surface area (TPSA) is 20.5 Å². The van der Waals surface area contributed by atoms with Crippen molar-refractivity contribution < 1.29 is 0 Å². The standard InChI is InChI=1S/C14H14BrN3S/c1-10-3-5-11(6-4-10)17(2)13-12(9-15)18-7-8-19-14(18)16-13/h3-8H,9H2,1-2H3. The number of aryl methyl sites for hydroxylation is 1.